The lowest BCUT2D eigenvalue weighted by Gasteiger charge is -2.26. The first kappa shape index (κ1) is 14.2. The smallest absolute Gasteiger partial charge is 0.315 e. The van der Waals surface area contributed by atoms with Gasteiger partial charge in [0.15, 0.2) is 0 Å². The molecule has 2 amide bonds. The van der Waals surface area contributed by atoms with Gasteiger partial charge in [-0.05, 0) is 31.7 Å². The second-order valence-corrected chi connectivity index (χ2v) is 6.22. The molecule has 3 rings (SSSR count). The van der Waals surface area contributed by atoms with Gasteiger partial charge in [0.1, 0.15) is 5.75 Å². The molecule has 2 aliphatic carbocycles. The summed E-state index contributed by atoms with van der Waals surface area (Å²) in [6.45, 7) is 0. The molecule has 0 saturated heterocycles. The monoisotopic (exact) mass is 288 g/mol. The summed E-state index contributed by atoms with van der Waals surface area (Å²) in [4.78, 5) is 12.3. The van der Waals surface area contributed by atoms with Crippen LogP contribution < -0.4 is 15.4 Å². The average molecular weight is 288 g/mol. The molecular formula is C17H24N2O2. The van der Waals surface area contributed by atoms with Crippen LogP contribution in [0, 0.1) is 0 Å². The van der Waals surface area contributed by atoms with Crippen LogP contribution in [0.2, 0.25) is 0 Å². The Morgan fingerprint density at radius 1 is 1.19 bits per heavy atom. The van der Waals surface area contributed by atoms with Gasteiger partial charge in [-0.25, -0.2) is 4.79 Å². The minimum atomic E-state index is -0.231. The Morgan fingerprint density at radius 2 is 1.90 bits per heavy atom. The van der Waals surface area contributed by atoms with Gasteiger partial charge in [0.2, 0.25) is 0 Å². The van der Waals surface area contributed by atoms with Crippen LogP contribution in [0.15, 0.2) is 24.3 Å². The van der Waals surface area contributed by atoms with E-state index in [1.54, 1.807) is 7.11 Å². The van der Waals surface area contributed by atoms with Crippen LogP contribution in [0.25, 0.3) is 0 Å². The lowest BCUT2D eigenvalue weighted by Crippen LogP contribution is -2.47. The topological polar surface area (TPSA) is 50.4 Å². The third-order valence-corrected chi connectivity index (χ3v) is 4.67. The fraction of sp³-hybridized carbons (Fsp3) is 0.588. The number of carbonyl (C=O) groups excluding carboxylic acids is 1. The second kappa shape index (κ2) is 5.96. The van der Waals surface area contributed by atoms with Gasteiger partial charge in [0, 0.05) is 11.6 Å². The summed E-state index contributed by atoms with van der Waals surface area (Å²) in [6, 6.07) is 8.26. The van der Waals surface area contributed by atoms with Crippen LogP contribution in [0.4, 0.5) is 4.79 Å². The Morgan fingerprint density at radius 3 is 2.57 bits per heavy atom. The van der Waals surface area contributed by atoms with E-state index in [0.717, 1.165) is 37.0 Å². The Hall–Kier alpha value is -1.71. The van der Waals surface area contributed by atoms with Gasteiger partial charge >= 0.3 is 6.03 Å². The van der Waals surface area contributed by atoms with Crippen molar-refractivity contribution < 1.29 is 9.53 Å². The molecule has 0 radical (unpaired) electrons. The first-order valence-electron chi connectivity index (χ1n) is 7.96. The van der Waals surface area contributed by atoms with Gasteiger partial charge in [-0.3, -0.25) is 0 Å². The van der Waals surface area contributed by atoms with Crippen molar-refractivity contribution in [1.29, 1.82) is 0 Å². The maximum absolute atomic E-state index is 12.3. The van der Waals surface area contributed by atoms with E-state index in [9.17, 15) is 4.79 Å². The molecule has 0 unspecified atom stereocenters. The van der Waals surface area contributed by atoms with Gasteiger partial charge in [-0.2, -0.15) is 0 Å². The van der Waals surface area contributed by atoms with Crippen LogP contribution in [0.1, 0.15) is 50.5 Å². The summed E-state index contributed by atoms with van der Waals surface area (Å²) >= 11 is 0. The van der Waals surface area contributed by atoms with Crippen LogP contribution in [0.5, 0.6) is 5.75 Å². The lowest BCUT2D eigenvalue weighted by atomic mass is 9.96. The summed E-state index contributed by atoms with van der Waals surface area (Å²) in [6.07, 6.45) is 7.91. The van der Waals surface area contributed by atoms with Gasteiger partial charge in [-0.15, -0.1) is 0 Å². The SMILES string of the molecule is COc1ccccc1C1(NC(=O)NC2CCCCC2)CC1. The number of nitrogens with one attached hydrogen (secondary N) is 2. The lowest BCUT2D eigenvalue weighted by molar-refractivity contribution is 0.227. The zero-order valence-corrected chi connectivity index (χ0v) is 12.7. The van der Waals surface area contributed by atoms with Gasteiger partial charge in [-0.1, -0.05) is 37.5 Å². The minimum Gasteiger partial charge on any atom is -0.496 e. The number of hydrogen-bond donors (Lipinski definition) is 2. The summed E-state index contributed by atoms with van der Waals surface area (Å²) in [5, 5.41) is 6.31. The Labute approximate surface area is 126 Å². The van der Waals surface area contributed by atoms with Crippen molar-refractivity contribution in [1.82, 2.24) is 10.6 Å². The highest BCUT2D eigenvalue weighted by Gasteiger charge is 2.47. The molecule has 0 aromatic heterocycles. The number of rotatable bonds is 4. The largest absolute Gasteiger partial charge is 0.496 e. The summed E-state index contributed by atoms with van der Waals surface area (Å²) in [7, 11) is 1.68. The zero-order valence-electron chi connectivity index (χ0n) is 12.7. The Balaban J connectivity index is 1.64. The summed E-state index contributed by atoms with van der Waals surface area (Å²) in [5.41, 5.74) is 0.858. The molecule has 4 heteroatoms. The highest BCUT2D eigenvalue weighted by molar-refractivity contribution is 5.76. The number of benzene rings is 1. The molecule has 1 aromatic rings. The maximum atomic E-state index is 12.3. The third-order valence-electron chi connectivity index (χ3n) is 4.67. The van der Waals surface area contributed by atoms with E-state index in [2.05, 4.69) is 10.6 Å². The number of ether oxygens (including phenoxy) is 1. The maximum Gasteiger partial charge on any atom is 0.315 e. The number of para-hydroxylation sites is 1. The van der Waals surface area contributed by atoms with Crippen molar-refractivity contribution in [2.24, 2.45) is 0 Å². The summed E-state index contributed by atoms with van der Waals surface area (Å²) in [5.74, 6) is 0.855. The molecule has 0 heterocycles. The zero-order chi connectivity index (χ0) is 14.7. The Bertz CT molecular complexity index is 505. The first-order valence-corrected chi connectivity index (χ1v) is 7.96. The fourth-order valence-electron chi connectivity index (χ4n) is 3.31. The molecule has 0 atom stereocenters. The molecule has 1 aromatic carbocycles. The van der Waals surface area contributed by atoms with E-state index >= 15 is 0 Å². The van der Waals surface area contributed by atoms with E-state index < -0.39 is 0 Å². The predicted molar refractivity (Wildman–Crippen MR) is 82.4 cm³/mol. The molecule has 2 N–H and O–H groups in total. The molecule has 4 nitrogen and oxygen atoms in total. The number of hydrogen-bond acceptors (Lipinski definition) is 2. The third kappa shape index (κ3) is 3.14. The summed E-state index contributed by atoms with van der Waals surface area (Å²) < 4.78 is 5.43. The van der Waals surface area contributed by atoms with E-state index in [4.69, 9.17) is 4.74 Å². The fourth-order valence-corrected chi connectivity index (χ4v) is 3.31. The van der Waals surface area contributed by atoms with Crippen LogP contribution in [0.3, 0.4) is 0 Å². The molecule has 2 saturated carbocycles. The van der Waals surface area contributed by atoms with Crippen molar-refractivity contribution in [3.05, 3.63) is 29.8 Å². The first-order chi connectivity index (χ1) is 10.2. The molecular weight excluding hydrogens is 264 g/mol. The number of amides is 2. The standard InChI is InChI=1S/C17H24N2O2/c1-21-15-10-6-5-9-14(15)17(11-12-17)19-16(20)18-13-7-3-2-4-8-13/h5-6,9-10,13H,2-4,7-8,11-12H2,1H3,(H2,18,19,20). The van der Waals surface area contributed by atoms with Crippen LogP contribution >= 0.6 is 0 Å². The normalized spacial score (nSPS) is 20.6. The van der Waals surface area contributed by atoms with Crippen LogP contribution in [-0.4, -0.2) is 19.2 Å². The van der Waals surface area contributed by atoms with Crippen molar-refractivity contribution in [3.8, 4) is 5.75 Å². The van der Waals surface area contributed by atoms with Gasteiger partial charge < -0.3 is 15.4 Å². The van der Waals surface area contributed by atoms with E-state index in [-0.39, 0.29) is 11.6 Å². The number of methoxy groups -OCH3 is 1. The van der Waals surface area contributed by atoms with Gasteiger partial charge in [0.05, 0.1) is 12.6 Å². The van der Waals surface area contributed by atoms with E-state index in [0.29, 0.717) is 6.04 Å². The van der Waals surface area contributed by atoms with Crippen molar-refractivity contribution in [2.75, 3.05) is 7.11 Å². The van der Waals surface area contributed by atoms with E-state index in [1.807, 2.05) is 24.3 Å². The molecule has 0 spiro atoms. The van der Waals surface area contributed by atoms with E-state index in [1.165, 1.54) is 19.3 Å². The molecule has 0 aliphatic heterocycles. The molecule has 2 aliphatic rings. The second-order valence-electron chi connectivity index (χ2n) is 6.22. The Kier molecular flexibility index (Phi) is 4.04. The molecule has 114 valence electrons. The van der Waals surface area contributed by atoms with Crippen molar-refractivity contribution >= 4 is 6.03 Å². The average Bonchev–Trinajstić information content (AvgIpc) is 3.28. The number of urea groups is 1. The molecule has 0 bridgehead atoms. The highest BCUT2D eigenvalue weighted by Crippen LogP contribution is 2.48. The molecule has 2 fully saturated rings. The number of carbonyl (C=O) groups is 1. The van der Waals surface area contributed by atoms with Crippen molar-refractivity contribution in [3.63, 3.8) is 0 Å². The van der Waals surface area contributed by atoms with Crippen molar-refractivity contribution in [2.45, 2.75) is 56.5 Å². The predicted octanol–water partition coefficient (Wildman–Crippen LogP) is 3.32. The minimum absolute atomic E-state index is 0.0368. The van der Waals surface area contributed by atoms with Gasteiger partial charge in [0.25, 0.3) is 0 Å². The quantitative estimate of drug-likeness (QED) is 0.893. The molecule has 21 heavy (non-hydrogen) atoms. The highest BCUT2D eigenvalue weighted by atomic mass is 16.5. The van der Waals surface area contributed by atoms with Crippen LogP contribution in [-0.2, 0) is 5.54 Å².